The molecule has 8 heteroatoms. The second-order valence-electron chi connectivity index (χ2n) is 5.63. The third-order valence-corrected chi connectivity index (χ3v) is 4.55. The molecule has 0 saturated heterocycles. The lowest BCUT2D eigenvalue weighted by atomic mass is 9.58. The lowest BCUT2D eigenvalue weighted by Gasteiger charge is -2.44. The number of nitriles is 2. The fourth-order valence-corrected chi connectivity index (χ4v) is 3.79. The molecule has 0 amide bonds. The van der Waals surface area contributed by atoms with Crippen LogP contribution in [0.5, 0.6) is 0 Å². The minimum absolute atomic E-state index is 0.141. The van der Waals surface area contributed by atoms with Crippen LogP contribution in [-0.4, -0.2) is 12.4 Å². The van der Waals surface area contributed by atoms with Crippen molar-refractivity contribution in [1.82, 2.24) is 0 Å². The molecule has 2 aliphatic carbocycles. The summed E-state index contributed by atoms with van der Waals surface area (Å²) in [6.07, 6.45) is -9.65. The molecule has 118 valence electrons. The summed E-state index contributed by atoms with van der Waals surface area (Å²) < 4.78 is 81.6. The lowest BCUT2D eigenvalue weighted by molar-refractivity contribution is -0.367. The Kier molecular flexibility index (Phi) is 3.19. The Labute approximate surface area is 122 Å². The van der Waals surface area contributed by atoms with Gasteiger partial charge in [0.15, 0.2) is 5.41 Å². The van der Waals surface area contributed by atoms with Crippen LogP contribution in [0.3, 0.4) is 0 Å². The molecule has 0 N–H and O–H groups in total. The highest BCUT2D eigenvalue weighted by Gasteiger charge is 2.89. The molecule has 2 atom stereocenters. The Hall–Kier alpha value is -1.96. The highest BCUT2D eigenvalue weighted by Crippen LogP contribution is 2.76. The van der Waals surface area contributed by atoms with Crippen LogP contribution in [0, 0.1) is 45.3 Å². The predicted octanol–water partition coefficient (Wildman–Crippen LogP) is 4.28. The molecule has 2 bridgehead atoms. The van der Waals surface area contributed by atoms with Gasteiger partial charge in [0.1, 0.15) is 0 Å². The molecule has 2 nitrogen and oxygen atoms in total. The number of allylic oxidation sites excluding steroid dienone is 4. The van der Waals surface area contributed by atoms with E-state index in [1.165, 1.54) is 13.8 Å². The van der Waals surface area contributed by atoms with E-state index in [2.05, 4.69) is 0 Å². The van der Waals surface area contributed by atoms with E-state index >= 15 is 0 Å². The van der Waals surface area contributed by atoms with Gasteiger partial charge in [-0.05, 0) is 13.8 Å². The predicted molar refractivity (Wildman–Crippen MR) is 62.7 cm³/mol. The normalized spacial score (nSPS) is 28.4. The maximum atomic E-state index is 13.6. The fraction of sp³-hybridized carbons (Fsp3) is 0.571. The van der Waals surface area contributed by atoms with Crippen molar-refractivity contribution in [2.75, 3.05) is 0 Å². The molecule has 1 fully saturated rings. The number of hydrogen-bond acceptors (Lipinski definition) is 2. The molecule has 22 heavy (non-hydrogen) atoms. The van der Waals surface area contributed by atoms with E-state index in [-0.39, 0.29) is 11.1 Å². The van der Waals surface area contributed by atoms with Gasteiger partial charge in [0, 0.05) is 11.8 Å². The third kappa shape index (κ3) is 1.45. The largest absolute Gasteiger partial charge is 0.406 e. The Morgan fingerprint density at radius 3 is 1.64 bits per heavy atom. The van der Waals surface area contributed by atoms with Crippen LogP contribution in [0.25, 0.3) is 0 Å². The van der Waals surface area contributed by atoms with Gasteiger partial charge in [0.25, 0.3) is 0 Å². The minimum atomic E-state index is -5.79. The van der Waals surface area contributed by atoms with Crippen LogP contribution in [0.2, 0.25) is 0 Å². The molecule has 0 aromatic rings. The molecule has 1 saturated carbocycles. The van der Waals surface area contributed by atoms with Crippen molar-refractivity contribution in [2.45, 2.75) is 26.2 Å². The second-order valence-corrected chi connectivity index (χ2v) is 5.63. The first-order chi connectivity index (χ1) is 9.92. The van der Waals surface area contributed by atoms with Crippen LogP contribution in [0.15, 0.2) is 23.3 Å². The quantitative estimate of drug-likeness (QED) is 0.494. The van der Waals surface area contributed by atoms with Gasteiger partial charge in [0.05, 0.1) is 12.1 Å². The zero-order valence-corrected chi connectivity index (χ0v) is 11.5. The van der Waals surface area contributed by atoms with Gasteiger partial charge < -0.3 is 0 Å². The summed E-state index contributed by atoms with van der Waals surface area (Å²) >= 11 is 0. The molecule has 0 aliphatic heterocycles. The maximum absolute atomic E-state index is 13.6. The molecule has 0 heterocycles. The molecular formula is C14H10F6N2. The van der Waals surface area contributed by atoms with Crippen LogP contribution in [0.1, 0.15) is 13.8 Å². The zero-order chi connectivity index (χ0) is 17.1. The summed E-state index contributed by atoms with van der Waals surface area (Å²) in [5, 5.41) is 18.3. The first kappa shape index (κ1) is 16.4. The van der Waals surface area contributed by atoms with Gasteiger partial charge in [0.2, 0.25) is 5.41 Å². The third-order valence-electron chi connectivity index (χ3n) is 4.55. The Morgan fingerprint density at radius 2 is 1.36 bits per heavy atom. The van der Waals surface area contributed by atoms with Gasteiger partial charge in [-0.15, -0.1) is 0 Å². The van der Waals surface area contributed by atoms with E-state index in [0.29, 0.717) is 0 Å². The molecular weight excluding hydrogens is 310 g/mol. The Morgan fingerprint density at radius 1 is 0.955 bits per heavy atom. The van der Waals surface area contributed by atoms with Gasteiger partial charge in [-0.1, -0.05) is 23.3 Å². The van der Waals surface area contributed by atoms with Crippen LogP contribution in [-0.2, 0) is 0 Å². The molecule has 0 spiro atoms. The first-order valence-corrected chi connectivity index (χ1v) is 6.24. The van der Waals surface area contributed by atoms with E-state index in [1.807, 2.05) is 0 Å². The number of nitrogens with zero attached hydrogens (tertiary/aromatic N) is 2. The molecule has 2 aliphatic rings. The summed E-state index contributed by atoms with van der Waals surface area (Å²) in [6, 6.07) is 2.12. The summed E-state index contributed by atoms with van der Waals surface area (Å²) in [5.41, 5.74) is -7.55. The van der Waals surface area contributed by atoms with Crippen LogP contribution < -0.4 is 0 Å². The van der Waals surface area contributed by atoms with Crippen molar-refractivity contribution >= 4 is 0 Å². The van der Waals surface area contributed by atoms with E-state index in [4.69, 9.17) is 0 Å². The second kappa shape index (κ2) is 4.28. The van der Waals surface area contributed by atoms with E-state index in [1.54, 1.807) is 0 Å². The summed E-state index contributed by atoms with van der Waals surface area (Å²) in [7, 11) is 0. The van der Waals surface area contributed by atoms with Crippen molar-refractivity contribution in [3.63, 3.8) is 0 Å². The number of fused-ring (bicyclic) bond motifs is 2. The van der Waals surface area contributed by atoms with Gasteiger partial charge in [-0.2, -0.15) is 36.9 Å². The summed E-state index contributed by atoms with van der Waals surface area (Å²) in [5.74, 6) is -3.59. The van der Waals surface area contributed by atoms with E-state index in [0.717, 1.165) is 24.3 Å². The smallest absolute Gasteiger partial charge is 0.196 e. The SMILES string of the molecule is CC(C)=C1[C@H]2C=C[C@@H]1C(C(F)(F)F)(C(F)(F)F)C2(C#N)C#N. The average molecular weight is 320 g/mol. The van der Waals surface area contributed by atoms with Gasteiger partial charge >= 0.3 is 12.4 Å². The fourth-order valence-electron chi connectivity index (χ4n) is 3.79. The average Bonchev–Trinajstić information content (AvgIpc) is 2.88. The maximum Gasteiger partial charge on any atom is 0.406 e. The van der Waals surface area contributed by atoms with Crippen LogP contribution in [0.4, 0.5) is 26.3 Å². The van der Waals surface area contributed by atoms with Crippen molar-refractivity contribution in [1.29, 1.82) is 10.5 Å². The Bertz CT molecular complexity index is 621. The number of rotatable bonds is 0. The van der Waals surface area contributed by atoms with Crippen molar-refractivity contribution in [3.8, 4) is 12.1 Å². The highest BCUT2D eigenvalue weighted by molar-refractivity contribution is 5.52. The first-order valence-electron chi connectivity index (χ1n) is 6.24. The number of hydrogen-bond donors (Lipinski definition) is 0. The topological polar surface area (TPSA) is 47.6 Å². The highest BCUT2D eigenvalue weighted by atomic mass is 19.4. The molecule has 0 aromatic heterocycles. The molecule has 0 unspecified atom stereocenters. The zero-order valence-electron chi connectivity index (χ0n) is 11.5. The lowest BCUT2D eigenvalue weighted by Crippen LogP contribution is -2.62. The minimum Gasteiger partial charge on any atom is -0.196 e. The number of alkyl halides is 6. The van der Waals surface area contributed by atoms with E-state index < -0.39 is 35.0 Å². The standard InChI is InChI=1S/C14H10F6N2/c1-7(2)10-8-3-4-9(10)12(13(15,16)17,14(18,19)20)11(8,5-21)6-22/h3-4,8-9H,1-2H3/t8-,9+/m1/s1. The molecule has 0 radical (unpaired) electrons. The summed E-state index contributed by atoms with van der Waals surface area (Å²) in [6.45, 7) is 2.76. The summed E-state index contributed by atoms with van der Waals surface area (Å²) in [4.78, 5) is 0. The van der Waals surface area contributed by atoms with Crippen molar-refractivity contribution < 1.29 is 26.3 Å². The van der Waals surface area contributed by atoms with Crippen molar-refractivity contribution in [2.24, 2.45) is 22.7 Å². The molecule has 2 rings (SSSR count). The van der Waals surface area contributed by atoms with Gasteiger partial charge in [-0.25, -0.2) is 0 Å². The monoisotopic (exact) mass is 320 g/mol. The molecule has 0 aromatic carbocycles. The van der Waals surface area contributed by atoms with Gasteiger partial charge in [-0.3, -0.25) is 0 Å². The van der Waals surface area contributed by atoms with Crippen LogP contribution >= 0.6 is 0 Å². The number of halogens is 6. The van der Waals surface area contributed by atoms with E-state index in [9.17, 15) is 36.9 Å². The Balaban J connectivity index is 3.01. The van der Waals surface area contributed by atoms with Crippen molar-refractivity contribution in [3.05, 3.63) is 23.3 Å².